The third-order valence-corrected chi connectivity index (χ3v) is 3.10. The number of nitrogens with one attached hydrogen (secondary N) is 2. The molecule has 0 saturated carbocycles. The van der Waals surface area contributed by atoms with E-state index in [1.165, 1.54) is 0 Å². The molecule has 6 heteroatoms. The van der Waals surface area contributed by atoms with Gasteiger partial charge in [0, 0.05) is 12.3 Å². The summed E-state index contributed by atoms with van der Waals surface area (Å²) in [4.78, 5) is 11.8. The fraction of sp³-hybridized carbons (Fsp3) is 0.636. The fourth-order valence-electron chi connectivity index (χ4n) is 1.85. The van der Waals surface area contributed by atoms with Gasteiger partial charge in [-0.05, 0) is 32.0 Å². The van der Waals surface area contributed by atoms with Crippen molar-refractivity contribution < 1.29 is 14.3 Å². The Labute approximate surface area is 106 Å². The first-order chi connectivity index (χ1) is 8.16. The van der Waals surface area contributed by atoms with Crippen LogP contribution in [0.4, 0.5) is 0 Å². The van der Waals surface area contributed by atoms with Crippen molar-refractivity contribution in [3.05, 3.63) is 11.3 Å². The van der Waals surface area contributed by atoms with Gasteiger partial charge in [0.2, 0.25) is 0 Å². The largest absolute Gasteiger partial charge is 0.459 e. The zero-order valence-electron chi connectivity index (χ0n) is 9.75. The normalized spacial score (nSPS) is 24.3. The molecule has 0 aliphatic carbocycles. The molecule has 94 valence electrons. The van der Waals surface area contributed by atoms with E-state index in [1.54, 1.807) is 0 Å². The molecule has 1 unspecified atom stereocenters. The van der Waals surface area contributed by atoms with E-state index in [0.29, 0.717) is 23.8 Å². The van der Waals surface area contributed by atoms with Crippen molar-refractivity contribution in [1.29, 1.82) is 0 Å². The van der Waals surface area contributed by atoms with Gasteiger partial charge in [-0.25, -0.2) is 4.79 Å². The molecular weight excluding hydrogens is 240 g/mol. The summed E-state index contributed by atoms with van der Waals surface area (Å²) >= 11 is 4.95. The van der Waals surface area contributed by atoms with E-state index < -0.39 is 0 Å². The predicted molar refractivity (Wildman–Crippen MR) is 66.4 cm³/mol. The zero-order chi connectivity index (χ0) is 12.3. The summed E-state index contributed by atoms with van der Waals surface area (Å²) in [6.07, 6.45) is 2.07. The maximum absolute atomic E-state index is 11.8. The number of ether oxygens (including phenoxy) is 2. The van der Waals surface area contributed by atoms with Gasteiger partial charge in [0.25, 0.3) is 0 Å². The highest BCUT2D eigenvalue weighted by Gasteiger charge is 2.22. The Morgan fingerprint density at radius 3 is 3.12 bits per heavy atom. The molecule has 17 heavy (non-hydrogen) atoms. The molecule has 1 atom stereocenters. The summed E-state index contributed by atoms with van der Waals surface area (Å²) in [5.41, 5.74) is 1.35. The lowest BCUT2D eigenvalue weighted by molar-refractivity contribution is -0.142. The highest BCUT2D eigenvalue weighted by Crippen LogP contribution is 2.13. The van der Waals surface area contributed by atoms with Crippen LogP contribution in [-0.2, 0) is 14.3 Å². The van der Waals surface area contributed by atoms with Crippen LogP contribution in [0.3, 0.4) is 0 Å². The molecule has 0 aromatic rings. The summed E-state index contributed by atoms with van der Waals surface area (Å²) in [6.45, 7) is 3.33. The first-order valence-electron chi connectivity index (χ1n) is 5.70. The fourth-order valence-corrected chi connectivity index (χ4v) is 2.07. The van der Waals surface area contributed by atoms with Crippen LogP contribution in [0, 0.1) is 0 Å². The van der Waals surface area contributed by atoms with Gasteiger partial charge < -0.3 is 20.1 Å². The molecule has 2 aliphatic rings. The number of rotatable bonds is 3. The molecular formula is C11H16N2O3S. The van der Waals surface area contributed by atoms with Crippen LogP contribution < -0.4 is 10.6 Å². The number of thiocarbonyl (C=S) groups is 1. The van der Waals surface area contributed by atoms with Gasteiger partial charge in [-0.15, -0.1) is 0 Å². The third-order valence-electron chi connectivity index (χ3n) is 2.85. The first kappa shape index (κ1) is 12.3. The number of esters is 1. The second-order valence-electron chi connectivity index (χ2n) is 4.14. The van der Waals surface area contributed by atoms with Crippen molar-refractivity contribution in [1.82, 2.24) is 10.6 Å². The van der Waals surface area contributed by atoms with Gasteiger partial charge in [0.05, 0.1) is 18.2 Å². The summed E-state index contributed by atoms with van der Waals surface area (Å²) in [5.74, 6) is -0.305. The van der Waals surface area contributed by atoms with Crippen molar-refractivity contribution in [2.24, 2.45) is 0 Å². The Morgan fingerprint density at radius 2 is 2.47 bits per heavy atom. The summed E-state index contributed by atoms with van der Waals surface area (Å²) in [5, 5.41) is 6.35. The SMILES string of the molecule is CC1=C(C(=O)OCC2CCCO2)CNC(=S)N1. The molecule has 2 N–H and O–H groups in total. The van der Waals surface area contributed by atoms with E-state index >= 15 is 0 Å². The van der Waals surface area contributed by atoms with Crippen LogP contribution in [0.5, 0.6) is 0 Å². The standard InChI is InChI=1S/C11H16N2O3S/c1-7-9(5-12-11(17)13-7)10(14)16-6-8-3-2-4-15-8/h8H,2-6H2,1H3,(H2,12,13,17). The minimum absolute atomic E-state index is 0.0606. The Hall–Kier alpha value is -1.14. The van der Waals surface area contributed by atoms with Crippen molar-refractivity contribution >= 4 is 23.3 Å². The van der Waals surface area contributed by atoms with Gasteiger partial charge >= 0.3 is 5.97 Å². The van der Waals surface area contributed by atoms with E-state index in [2.05, 4.69) is 10.6 Å². The molecule has 1 fully saturated rings. The molecule has 0 aromatic carbocycles. The smallest absolute Gasteiger partial charge is 0.337 e. The molecule has 2 heterocycles. The number of carbonyl (C=O) groups is 1. The van der Waals surface area contributed by atoms with Crippen molar-refractivity contribution in [2.45, 2.75) is 25.9 Å². The molecule has 5 nitrogen and oxygen atoms in total. The predicted octanol–water partition coefficient (Wildman–Crippen LogP) is 0.460. The summed E-state index contributed by atoms with van der Waals surface area (Å²) in [6, 6.07) is 0. The monoisotopic (exact) mass is 256 g/mol. The Kier molecular flexibility index (Phi) is 3.96. The number of allylic oxidation sites excluding steroid dienone is 1. The highest BCUT2D eigenvalue weighted by molar-refractivity contribution is 7.80. The lowest BCUT2D eigenvalue weighted by Crippen LogP contribution is -2.43. The van der Waals surface area contributed by atoms with Crippen molar-refractivity contribution in [3.8, 4) is 0 Å². The Balaban J connectivity index is 1.86. The van der Waals surface area contributed by atoms with Crippen LogP contribution in [-0.4, -0.2) is 36.9 Å². The van der Waals surface area contributed by atoms with Crippen LogP contribution in [0.15, 0.2) is 11.3 Å². The van der Waals surface area contributed by atoms with E-state index in [4.69, 9.17) is 21.7 Å². The van der Waals surface area contributed by atoms with E-state index in [-0.39, 0.29) is 12.1 Å². The summed E-state index contributed by atoms with van der Waals surface area (Å²) < 4.78 is 10.6. The Bertz CT molecular complexity index is 362. The van der Waals surface area contributed by atoms with Crippen LogP contribution in [0.2, 0.25) is 0 Å². The van der Waals surface area contributed by atoms with E-state index in [0.717, 1.165) is 25.1 Å². The molecule has 0 amide bonds. The molecule has 0 bridgehead atoms. The van der Waals surface area contributed by atoms with E-state index in [1.807, 2.05) is 6.92 Å². The van der Waals surface area contributed by atoms with Gasteiger partial charge in [-0.3, -0.25) is 0 Å². The average molecular weight is 256 g/mol. The quantitative estimate of drug-likeness (QED) is 0.565. The minimum atomic E-state index is -0.305. The van der Waals surface area contributed by atoms with Crippen molar-refractivity contribution in [3.63, 3.8) is 0 Å². The maximum Gasteiger partial charge on any atom is 0.337 e. The molecule has 2 aliphatic heterocycles. The maximum atomic E-state index is 11.8. The number of hydrogen-bond acceptors (Lipinski definition) is 4. The first-order valence-corrected chi connectivity index (χ1v) is 6.11. The highest BCUT2D eigenvalue weighted by atomic mass is 32.1. The van der Waals surface area contributed by atoms with Crippen LogP contribution in [0.25, 0.3) is 0 Å². The third kappa shape index (κ3) is 3.17. The molecule has 1 saturated heterocycles. The molecule has 2 rings (SSSR count). The van der Waals surface area contributed by atoms with E-state index in [9.17, 15) is 4.79 Å². The van der Waals surface area contributed by atoms with Crippen LogP contribution >= 0.6 is 12.2 Å². The lowest BCUT2D eigenvalue weighted by atomic mass is 10.2. The van der Waals surface area contributed by atoms with Gasteiger partial charge in [-0.1, -0.05) is 0 Å². The Morgan fingerprint density at radius 1 is 1.65 bits per heavy atom. The average Bonchev–Trinajstić information content (AvgIpc) is 2.78. The second kappa shape index (κ2) is 5.46. The molecule has 0 aromatic heterocycles. The lowest BCUT2D eigenvalue weighted by Gasteiger charge is -2.21. The topological polar surface area (TPSA) is 59.6 Å². The van der Waals surface area contributed by atoms with Gasteiger partial charge in [0.1, 0.15) is 6.61 Å². The van der Waals surface area contributed by atoms with Crippen LogP contribution in [0.1, 0.15) is 19.8 Å². The molecule has 0 spiro atoms. The zero-order valence-corrected chi connectivity index (χ0v) is 10.6. The summed E-state index contributed by atoms with van der Waals surface area (Å²) in [7, 11) is 0. The molecule has 0 radical (unpaired) electrons. The van der Waals surface area contributed by atoms with Crippen molar-refractivity contribution in [2.75, 3.05) is 19.8 Å². The van der Waals surface area contributed by atoms with Gasteiger partial charge in [0.15, 0.2) is 5.11 Å². The minimum Gasteiger partial charge on any atom is -0.459 e. The second-order valence-corrected chi connectivity index (χ2v) is 4.55. The van der Waals surface area contributed by atoms with Gasteiger partial charge in [-0.2, -0.15) is 0 Å². The number of hydrogen-bond donors (Lipinski definition) is 2. The number of carbonyl (C=O) groups excluding carboxylic acids is 1.